The van der Waals surface area contributed by atoms with Gasteiger partial charge >= 0.3 is 11.8 Å². The van der Waals surface area contributed by atoms with Crippen molar-refractivity contribution in [3.05, 3.63) is 28.8 Å². The Kier molecular flexibility index (Phi) is 6.44. The molecule has 7 heteroatoms. The lowest BCUT2D eigenvalue weighted by Crippen LogP contribution is -2.40. The summed E-state index contributed by atoms with van der Waals surface area (Å²) in [4.78, 5) is 23.3. The molecule has 0 aromatic heterocycles. The number of hydrogen-bond donors (Lipinski definition) is 2. The Hall–Kier alpha value is -1.63. The summed E-state index contributed by atoms with van der Waals surface area (Å²) in [5, 5.41) is 5.41. The maximum atomic E-state index is 11.7. The van der Waals surface area contributed by atoms with Gasteiger partial charge in [0.25, 0.3) is 0 Å². The topological polar surface area (TPSA) is 76.7 Å². The molecule has 0 bridgehead atoms. The fourth-order valence-electron chi connectivity index (χ4n) is 1.44. The Morgan fingerprint density at radius 2 is 1.90 bits per heavy atom. The molecule has 2 N–H and O–H groups in total. The molecule has 0 saturated carbocycles. The van der Waals surface area contributed by atoms with E-state index in [9.17, 15) is 9.59 Å². The molecule has 1 aromatic rings. The average molecular weight is 301 g/mol. The van der Waals surface area contributed by atoms with Crippen molar-refractivity contribution in [2.45, 2.75) is 13.2 Å². The minimum Gasteiger partial charge on any atom is -0.354 e. The summed E-state index contributed by atoms with van der Waals surface area (Å²) < 4.78 is 9.79. The van der Waals surface area contributed by atoms with Crippen LogP contribution in [0, 0.1) is 6.92 Å². The SMILES string of the molecule is COC(CNC(=O)C(=O)Nc1cccc(Cl)c1C)OC. The second-order valence-corrected chi connectivity index (χ2v) is 4.38. The van der Waals surface area contributed by atoms with Crippen LogP contribution in [0.4, 0.5) is 5.69 Å². The molecule has 0 aliphatic rings. The third kappa shape index (κ3) is 4.48. The molecule has 1 aromatic carbocycles. The first kappa shape index (κ1) is 16.4. The van der Waals surface area contributed by atoms with Gasteiger partial charge in [0.05, 0.1) is 6.54 Å². The van der Waals surface area contributed by atoms with E-state index < -0.39 is 18.1 Å². The molecule has 0 saturated heterocycles. The summed E-state index contributed by atoms with van der Waals surface area (Å²) in [7, 11) is 2.88. The molecule has 0 aliphatic heterocycles. The molecule has 0 fully saturated rings. The van der Waals surface area contributed by atoms with Crippen LogP contribution in [0.3, 0.4) is 0 Å². The van der Waals surface area contributed by atoms with Gasteiger partial charge in [-0.1, -0.05) is 17.7 Å². The molecule has 0 spiro atoms. The third-order valence-corrected chi connectivity index (χ3v) is 3.09. The minimum absolute atomic E-state index is 0.0772. The van der Waals surface area contributed by atoms with Gasteiger partial charge in [-0.25, -0.2) is 0 Å². The van der Waals surface area contributed by atoms with Crippen LogP contribution in [0.15, 0.2) is 18.2 Å². The number of carbonyl (C=O) groups is 2. The van der Waals surface area contributed by atoms with Crippen LogP contribution in [-0.4, -0.2) is 38.9 Å². The first-order chi connectivity index (χ1) is 9.49. The number of carbonyl (C=O) groups excluding carboxylic acids is 2. The lowest BCUT2D eigenvalue weighted by Gasteiger charge is -2.14. The highest BCUT2D eigenvalue weighted by Gasteiger charge is 2.16. The molecule has 20 heavy (non-hydrogen) atoms. The zero-order valence-electron chi connectivity index (χ0n) is 11.5. The molecule has 1 rings (SSSR count). The fraction of sp³-hybridized carbons (Fsp3) is 0.385. The number of rotatable bonds is 5. The molecule has 0 aliphatic carbocycles. The predicted octanol–water partition coefficient (Wildman–Crippen LogP) is 1.32. The Bertz CT molecular complexity index is 489. The lowest BCUT2D eigenvalue weighted by molar-refractivity contribution is -0.139. The zero-order chi connectivity index (χ0) is 15.1. The van der Waals surface area contributed by atoms with E-state index in [1.54, 1.807) is 25.1 Å². The predicted molar refractivity (Wildman–Crippen MR) is 75.6 cm³/mol. The second kappa shape index (κ2) is 7.84. The Balaban J connectivity index is 2.58. The molecular weight excluding hydrogens is 284 g/mol. The molecule has 0 heterocycles. The van der Waals surface area contributed by atoms with Crippen LogP contribution in [0.5, 0.6) is 0 Å². The normalized spacial score (nSPS) is 10.4. The van der Waals surface area contributed by atoms with Gasteiger partial charge < -0.3 is 20.1 Å². The van der Waals surface area contributed by atoms with Crippen LogP contribution in [0.2, 0.25) is 5.02 Å². The number of nitrogens with one attached hydrogen (secondary N) is 2. The van der Waals surface area contributed by atoms with E-state index >= 15 is 0 Å². The van der Waals surface area contributed by atoms with Crippen molar-refractivity contribution in [2.24, 2.45) is 0 Å². The highest BCUT2D eigenvalue weighted by molar-refractivity contribution is 6.40. The van der Waals surface area contributed by atoms with Gasteiger partial charge in [-0.2, -0.15) is 0 Å². The van der Waals surface area contributed by atoms with Crippen LogP contribution in [0.1, 0.15) is 5.56 Å². The summed E-state index contributed by atoms with van der Waals surface area (Å²) in [6.45, 7) is 1.83. The van der Waals surface area contributed by atoms with Crippen molar-refractivity contribution in [2.75, 3.05) is 26.1 Å². The van der Waals surface area contributed by atoms with E-state index in [1.165, 1.54) is 14.2 Å². The van der Waals surface area contributed by atoms with Crippen molar-refractivity contribution in [1.29, 1.82) is 0 Å². The molecular formula is C13H17ClN2O4. The van der Waals surface area contributed by atoms with E-state index in [0.717, 1.165) is 0 Å². The van der Waals surface area contributed by atoms with Gasteiger partial charge in [0.2, 0.25) is 0 Å². The van der Waals surface area contributed by atoms with Crippen LogP contribution < -0.4 is 10.6 Å². The van der Waals surface area contributed by atoms with E-state index in [-0.39, 0.29) is 6.54 Å². The van der Waals surface area contributed by atoms with Crippen molar-refractivity contribution >= 4 is 29.1 Å². The maximum Gasteiger partial charge on any atom is 0.313 e. The van der Waals surface area contributed by atoms with Crippen molar-refractivity contribution in [1.82, 2.24) is 5.32 Å². The fourth-order valence-corrected chi connectivity index (χ4v) is 1.62. The van der Waals surface area contributed by atoms with Gasteiger partial charge in [-0.3, -0.25) is 9.59 Å². The summed E-state index contributed by atoms with van der Waals surface area (Å²) in [6, 6.07) is 5.06. The lowest BCUT2D eigenvalue weighted by atomic mass is 10.2. The molecule has 0 atom stereocenters. The van der Waals surface area contributed by atoms with Gasteiger partial charge in [0, 0.05) is 24.9 Å². The molecule has 0 unspecified atom stereocenters. The van der Waals surface area contributed by atoms with Gasteiger partial charge in [0.15, 0.2) is 6.29 Å². The summed E-state index contributed by atoms with van der Waals surface area (Å²) in [5.41, 5.74) is 1.19. The Labute approximate surface area is 122 Å². The first-order valence-corrected chi connectivity index (χ1v) is 6.27. The van der Waals surface area contributed by atoms with E-state index in [4.69, 9.17) is 21.1 Å². The number of anilines is 1. The summed E-state index contributed by atoms with van der Waals surface area (Å²) in [5.74, 6) is -1.55. The maximum absolute atomic E-state index is 11.7. The number of ether oxygens (including phenoxy) is 2. The monoisotopic (exact) mass is 300 g/mol. The van der Waals surface area contributed by atoms with Gasteiger partial charge in [-0.05, 0) is 24.6 Å². The van der Waals surface area contributed by atoms with Gasteiger partial charge in [-0.15, -0.1) is 0 Å². The summed E-state index contributed by atoms with van der Waals surface area (Å²) in [6.07, 6.45) is -0.598. The van der Waals surface area contributed by atoms with Crippen LogP contribution in [0.25, 0.3) is 0 Å². The van der Waals surface area contributed by atoms with E-state index in [2.05, 4.69) is 10.6 Å². The van der Waals surface area contributed by atoms with E-state index in [1.807, 2.05) is 0 Å². The Morgan fingerprint density at radius 1 is 1.25 bits per heavy atom. The van der Waals surface area contributed by atoms with E-state index in [0.29, 0.717) is 16.3 Å². The Morgan fingerprint density at radius 3 is 2.50 bits per heavy atom. The number of benzene rings is 1. The number of amides is 2. The quantitative estimate of drug-likeness (QED) is 0.635. The van der Waals surface area contributed by atoms with Gasteiger partial charge in [0.1, 0.15) is 0 Å². The third-order valence-electron chi connectivity index (χ3n) is 2.68. The number of hydrogen-bond acceptors (Lipinski definition) is 4. The zero-order valence-corrected chi connectivity index (χ0v) is 12.3. The number of methoxy groups -OCH3 is 2. The van der Waals surface area contributed by atoms with Crippen molar-refractivity contribution in [3.8, 4) is 0 Å². The van der Waals surface area contributed by atoms with Crippen LogP contribution in [-0.2, 0) is 19.1 Å². The highest BCUT2D eigenvalue weighted by Crippen LogP contribution is 2.22. The molecule has 110 valence electrons. The smallest absolute Gasteiger partial charge is 0.313 e. The van der Waals surface area contributed by atoms with Crippen molar-refractivity contribution in [3.63, 3.8) is 0 Å². The molecule has 2 amide bonds. The molecule has 6 nitrogen and oxygen atoms in total. The standard InChI is InChI=1S/C13H17ClN2O4/c1-8-9(14)5-4-6-10(8)16-13(18)12(17)15-7-11(19-2)20-3/h4-6,11H,7H2,1-3H3,(H,15,17)(H,16,18). The second-order valence-electron chi connectivity index (χ2n) is 3.98. The van der Waals surface area contributed by atoms with Crippen LogP contribution >= 0.6 is 11.6 Å². The highest BCUT2D eigenvalue weighted by atomic mass is 35.5. The minimum atomic E-state index is -0.777. The number of halogens is 1. The summed E-state index contributed by atoms with van der Waals surface area (Å²) >= 11 is 5.93. The average Bonchev–Trinajstić information content (AvgIpc) is 2.44. The molecule has 0 radical (unpaired) electrons. The largest absolute Gasteiger partial charge is 0.354 e. The van der Waals surface area contributed by atoms with Crippen molar-refractivity contribution < 1.29 is 19.1 Å². The first-order valence-electron chi connectivity index (χ1n) is 5.89.